The smallest absolute Gasteiger partial charge is 0.237 e. The third-order valence-electron chi connectivity index (χ3n) is 3.93. The van der Waals surface area contributed by atoms with E-state index >= 15 is 0 Å². The molecular weight excluding hydrogens is 372 g/mol. The number of carbonyl (C=O) groups excluding carboxylic acids is 1. The van der Waals surface area contributed by atoms with Crippen LogP contribution in [0.3, 0.4) is 0 Å². The molecule has 4 N–H and O–H groups in total. The lowest BCUT2D eigenvalue weighted by atomic mass is 10.1. The maximum absolute atomic E-state index is 12.0. The fourth-order valence-electron chi connectivity index (χ4n) is 2.53. The highest BCUT2D eigenvalue weighted by Crippen LogP contribution is 2.35. The van der Waals surface area contributed by atoms with Gasteiger partial charge in [-0.15, -0.1) is 12.4 Å². The van der Waals surface area contributed by atoms with Crippen LogP contribution in [0.2, 0.25) is 0 Å². The van der Waals surface area contributed by atoms with E-state index in [9.17, 15) is 9.90 Å². The molecule has 0 bridgehead atoms. The second kappa shape index (κ2) is 10.0. The largest absolute Gasteiger partial charge is 0.491 e. The molecule has 2 aromatic carbocycles. The van der Waals surface area contributed by atoms with Crippen LogP contribution in [-0.4, -0.2) is 43.1 Å². The van der Waals surface area contributed by atoms with E-state index in [0.29, 0.717) is 23.7 Å². The minimum atomic E-state index is -0.853. The third kappa shape index (κ3) is 6.02. The fraction of sp³-hybridized carbons (Fsp3) is 0.316. The number of aliphatic hydroxyl groups is 1. The Hall–Kier alpha value is -2.48. The average Bonchev–Trinajstić information content (AvgIpc) is 3.13. The van der Waals surface area contributed by atoms with Crippen molar-refractivity contribution in [3.05, 3.63) is 54.1 Å². The summed E-state index contributed by atoms with van der Waals surface area (Å²) < 4.78 is 16.0. The predicted octanol–water partition coefficient (Wildman–Crippen LogP) is 1.26. The van der Waals surface area contributed by atoms with Crippen molar-refractivity contribution < 1.29 is 24.1 Å². The molecule has 0 radical (unpaired) electrons. The van der Waals surface area contributed by atoms with Gasteiger partial charge in [-0.25, -0.2) is 0 Å². The molecule has 3 rings (SSSR count). The van der Waals surface area contributed by atoms with Gasteiger partial charge in [-0.1, -0.05) is 30.3 Å². The molecule has 1 unspecified atom stereocenters. The van der Waals surface area contributed by atoms with Gasteiger partial charge in [0.1, 0.15) is 18.5 Å². The molecule has 8 heteroatoms. The first-order valence-corrected chi connectivity index (χ1v) is 8.39. The molecule has 0 saturated heterocycles. The molecule has 0 spiro atoms. The van der Waals surface area contributed by atoms with Crippen molar-refractivity contribution in [2.24, 2.45) is 5.73 Å². The van der Waals surface area contributed by atoms with Gasteiger partial charge in [-0.3, -0.25) is 4.79 Å². The number of carbonyl (C=O) groups is 1. The van der Waals surface area contributed by atoms with E-state index in [2.05, 4.69) is 5.32 Å². The standard InChI is InChI=1S/C19H22N2O5.ClH/c20-16(8-13-4-2-1-3-5-13)19(23)21-10-14(22)11-24-15-6-7-17-18(9-15)26-12-25-17;/h1-7,9,14,16,22H,8,10-12,20H2,(H,21,23);1H/t14?,16-;/m0./s1. The Morgan fingerprint density at radius 3 is 2.70 bits per heavy atom. The Balaban J connectivity index is 0.00000261. The lowest BCUT2D eigenvalue weighted by Gasteiger charge is -2.16. The first-order valence-electron chi connectivity index (χ1n) is 8.39. The zero-order valence-electron chi connectivity index (χ0n) is 14.7. The summed E-state index contributed by atoms with van der Waals surface area (Å²) in [6, 6.07) is 14.0. The van der Waals surface area contributed by atoms with Crippen LogP contribution in [0.25, 0.3) is 0 Å². The first kappa shape index (κ1) is 20.8. The van der Waals surface area contributed by atoms with Gasteiger partial charge in [-0.05, 0) is 24.1 Å². The quantitative estimate of drug-likeness (QED) is 0.623. The Morgan fingerprint density at radius 1 is 1.19 bits per heavy atom. The fourth-order valence-corrected chi connectivity index (χ4v) is 2.53. The minimum absolute atomic E-state index is 0. The number of aliphatic hydroxyl groups excluding tert-OH is 1. The normalized spacial score (nSPS) is 14.0. The van der Waals surface area contributed by atoms with Gasteiger partial charge in [0.15, 0.2) is 11.5 Å². The van der Waals surface area contributed by atoms with E-state index in [1.165, 1.54) is 0 Å². The van der Waals surface area contributed by atoms with Crippen LogP contribution in [0.4, 0.5) is 0 Å². The Bertz CT molecular complexity index is 744. The second-order valence-corrected chi connectivity index (χ2v) is 6.02. The number of amides is 1. The third-order valence-corrected chi connectivity index (χ3v) is 3.93. The maximum Gasteiger partial charge on any atom is 0.237 e. The van der Waals surface area contributed by atoms with Gasteiger partial charge in [0.2, 0.25) is 12.7 Å². The average molecular weight is 395 g/mol. The molecule has 0 aromatic heterocycles. The number of nitrogens with one attached hydrogen (secondary N) is 1. The second-order valence-electron chi connectivity index (χ2n) is 6.02. The minimum Gasteiger partial charge on any atom is -0.491 e. The number of fused-ring (bicyclic) bond motifs is 1. The van der Waals surface area contributed by atoms with Crippen LogP contribution in [0.5, 0.6) is 17.2 Å². The summed E-state index contributed by atoms with van der Waals surface area (Å²) >= 11 is 0. The molecule has 2 aromatic rings. The molecule has 7 nitrogen and oxygen atoms in total. The molecule has 2 atom stereocenters. The van der Waals surface area contributed by atoms with E-state index in [1.807, 2.05) is 30.3 Å². The zero-order chi connectivity index (χ0) is 18.4. The van der Waals surface area contributed by atoms with E-state index in [-0.39, 0.29) is 38.3 Å². The van der Waals surface area contributed by atoms with Crippen molar-refractivity contribution in [2.45, 2.75) is 18.6 Å². The number of nitrogens with two attached hydrogens (primary N) is 1. The van der Waals surface area contributed by atoms with Crippen molar-refractivity contribution in [3.63, 3.8) is 0 Å². The van der Waals surface area contributed by atoms with Crippen molar-refractivity contribution in [2.75, 3.05) is 19.9 Å². The van der Waals surface area contributed by atoms with Gasteiger partial charge < -0.3 is 30.4 Å². The number of hydrogen-bond donors (Lipinski definition) is 3. The first-order chi connectivity index (χ1) is 12.6. The van der Waals surface area contributed by atoms with Crippen LogP contribution in [0.1, 0.15) is 5.56 Å². The maximum atomic E-state index is 12.0. The highest BCUT2D eigenvalue weighted by Gasteiger charge is 2.17. The summed E-state index contributed by atoms with van der Waals surface area (Å²) in [5.41, 5.74) is 6.89. The number of rotatable bonds is 8. The molecule has 1 aliphatic rings. The number of hydrogen-bond acceptors (Lipinski definition) is 6. The van der Waals surface area contributed by atoms with Crippen LogP contribution in [0.15, 0.2) is 48.5 Å². The molecule has 146 valence electrons. The summed E-state index contributed by atoms with van der Waals surface area (Å²) in [6.45, 7) is 0.288. The van der Waals surface area contributed by atoms with Crippen LogP contribution in [-0.2, 0) is 11.2 Å². The van der Waals surface area contributed by atoms with E-state index in [1.54, 1.807) is 18.2 Å². The highest BCUT2D eigenvalue weighted by atomic mass is 35.5. The lowest BCUT2D eigenvalue weighted by Crippen LogP contribution is -2.45. The van der Waals surface area contributed by atoms with Crippen LogP contribution >= 0.6 is 12.4 Å². The topological polar surface area (TPSA) is 103 Å². The van der Waals surface area contributed by atoms with Gasteiger partial charge in [0.05, 0.1) is 6.04 Å². The summed E-state index contributed by atoms with van der Waals surface area (Å²) in [6.07, 6.45) is -0.412. The van der Waals surface area contributed by atoms with E-state index in [4.69, 9.17) is 19.9 Å². The Kier molecular flexibility index (Phi) is 7.72. The molecular formula is C19H23ClN2O5. The van der Waals surface area contributed by atoms with Crippen molar-refractivity contribution in [1.82, 2.24) is 5.32 Å². The molecule has 1 aliphatic heterocycles. The van der Waals surface area contributed by atoms with Crippen LogP contribution in [0, 0.1) is 0 Å². The number of halogens is 1. The van der Waals surface area contributed by atoms with Crippen molar-refractivity contribution >= 4 is 18.3 Å². The van der Waals surface area contributed by atoms with E-state index < -0.39 is 12.1 Å². The number of benzene rings is 2. The van der Waals surface area contributed by atoms with Crippen molar-refractivity contribution in [1.29, 1.82) is 0 Å². The predicted molar refractivity (Wildman–Crippen MR) is 102 cm³/mol. The molecule has 27 heavy (non-hydrogen) atoms. The number of ether oxygens (including phenoxy) is 3. The Labute approximate surface area is 163 Å². The lowest BCUT2D eigenvalue weighted by molar-refractivity contribution is -0.122. The molecule has 0 fully saturated rings. The van der Waals surface area contributed by atoms with Gasteiger partial charge >= 0.3 is 0 Å². The highest BCUT2D eigenvalue weighted by molar-refractivity contribution is 5.85. The van der Waals surface area contributed by atoms with Crippen molar-refractivity contribution in [3.8, 4) is 17.2 Å². The summed E-state index contributed by atoms with van der Waals surface area (Å²) in [5.74, 6) is 1.52. The molecule has 0 saturated carbocycles. The van der Waals surface area contributed by atoms with Gasteiger partial charge in [0, 0.05) is 12.6 Å². The monoisotopic (exact) mass is 394 g/mol. The summed E-state index contributed by atoms with van der Waals surface area (Å²) in [4.78, 5) is 12.0. The Morgan fingerprint density at radius 2 is 1.93 bits per heavy atom. The SMILES string of the molecule is Cl.N[C@@H](Cc1ccccc1)C(=O)NCC(O)COc1ccc2c(c1)OCO2. The van der Waals surface area contributed by atoms with Crippen LogP contribution < -0.4 is 25.3 Å². The molecule has 1 amide bonds. The summed E-state index contributed by atoms with van der Waals surface area (Å²) in [7, 11) is 0. The molecule has 1 heterocycles. The van der Waals surface area contributed by atoms with Gasteiger partial charge in [-0.2, -0.15) is 0 Å². The zero-order valence-corrected chi connectivity index (χ0v) is 15.5. The molecule has 0 aliphatic carbocycles. The summed E-state index contributed by atoms with van der Waals surface area (Å²) in [5, 5.41) is 12.6. The van der Waals surface area contributed by atoms with Gasteiger partial charge in [0.25, 0.3) is 0 Å². The van der Waals surface area contributed by atoms with E-state index in [0.717, 1.165) is 5.56 Å².